The Hall–Kier alpha value is -3.48. The van der Waals surface area contributed by atoms with Crippen molar-refractivity contribution in [2.45, 2.75) is 6.92 Å². The van der Waals surface area contributed by atoms with Gasteiger partial charge in [-0.05, 0) is 48.4 Å². The number of rotatable bonds is 4. The minimum Gasteiger partial charge on any atom is -0.397 e. The maximum Gasteiger partial charge on any atom is 0.267 e. The van der Waals surface area contributed by atoms with E-state index in [9.17, 15) is 4.79 Å². The Morgan fingerprint density at radius 2 is 1.64 bits per heavy atom. The molecule has 0 saturated carbocycles. The van der Waals surface area contributed by atoms with Crippen LogP contribution in [-0.2, 0) is 0 Å². The summed E-state index contributed by atoms with van der Waals surface area (Å²) >= 11 is 4.73. The van der Waals surface area contributed by atoms with Crippen LogP contribution in [0.25, 0.3) is 32.6 Å². The number of carbonyl (C=O) groups excluding carboxylic acids is 1. The molecule has 3 aromatic carbocycles. The maximum absolute atomic E-state index is 13.1. The first-order valence-electron chi connectivity index (χ1n) is 10.4. The normalized spacial score (nSPS) is 11.0. The average molecular weight is 514 g/mol. The van der Waals surface area contributed by atoms with E-state index in [0.717, 1.165) is 37.1 Å². The molecule has 0 aliphatic carbocycles. The Bertz CT molecular complexity index is 1460. The van der Waals surface area contributed by atoms with Crippen LogP contribution in [0.15, 0.2) is 89.4 Å². The average Bonchev–Trinajstić information content (AvgIpc) is 3.17. The van der Waals surface area contributed by atoms with Gasteiger partial charge in [-0.3, -0.25) is 4.79 Å². The zero-order chi connectivity index (χ0) is 22.9. The number of halogens is 1. The van der Waals surface area contributed by atoms with Gasteiger partial charge in [-0.15, -0.1) is 11.3 Å². The van der Waals surface area contributed by atoms with E-state index in [1.165, 1.54) is 16.9 Å². The molecule has 0 unspecified atom stereocenters. The van der Waals surface area contributed by atoms with Gasteiger partial charge in [-0.1, -0.05) is 76.1 Å². The molecular formula is C27H20BrN3OS. The van der Waals surface area contributed by atoms with Gasteiger partial charge in [0, 0.05) is 21.1 Å². The molecule has 0 spiro atoms. The number of nitrogens with two attached hydrogens (primary N) is 1. The number of fused-ring (bicyclic) bond motifs is 1. The number of nitrogen functional groups attached to an aromatic ring is 1. The van der Waals surface area contributed by atoms with E-state index >= 15 is 0 Å². The van der Waals surface area contributed by atoms with Crippen molar-refractivity contribution in [1.82, 2.24) is 4.98 Å². The minimum atomic E-state index is -0.242. The van der Waals surface area contributed by atoms with E-state index in [0.29, 0.717) is 16.3 Å². The van der Waals surface area contributed by atoms with Crippen LogP contribution < -0.4 is 11.1 Å². The maximum atomic E-state index is 13.1. The lowest BCUT2D eigenvalue weighted by Crippen LogP contribution is -2.11. The largest absolute Gasteiger partial charge is 0.397 e. The van der Waals surface area contributed by atoms with E-state index < -0.39 is 0 Å². The Morgan fingerprint density at radius 3 is 2.33 bits per heavy atom. The van der Waals surface area contributed by atoms with Crippen molar-refractivity contribution < 1.29 is 4.79 Å². The summed E-state index contributed by atoms with van der Waals surface area (Å²) < 4.78 is 0.946. The third-order valence-electron chi connectivity index (χ3n) is 5.44. The summed E-state index contributed by atoms with van der Waals surface area (Å²) in [6.07, 6.45) is 0. The highest BCUT2D eigenvalue weighted by Gasteiger charge is 2.21. The smallest absolute Gasteiger partial charge is 0.267 e. The first-order valence-corrected chi connectivity index (χ1v) is 12.0. The molecule has 0 radical (unpaired) electrons. The Labute approximate surface area is 204 Å². The van der Waals surface area contributed by atoms with Gasteiger partial charge in [0.1, 0.15) is 9.71 Å². The minimum absolute atomic E-state index is 0.242. The SMILES string of the molecule is Cc1ccc(-c2cc(-c3ccccc3)c3c(N)c(C(=O)Nc4ccc(Br)cc4)sc3n2)cc1. The number of anilines is 2. The molecule has 1 amide bonds. The summed E-state index contributed by atoms with van der Waals surface area (Å²) in [6, 6.07) is 27.9. The lowest BCUT2D eigenvalue weighted by atomic mass is 9.99. The molecule has 0 saturated heterocycles. The second-order valence-electron chi connectivity index (χ2n) is 7.77. The van der Waals surface area contributed by atoms with Crippen molar-refractivity contribution in [2.75, 3.05) is 11.1 Å². The molecule has 0 aliphatic rings. The summed E-state index contributed by atoms with van der Waals surface area (Å²) in [5.41, 5.74) is 12.8. The molecule has 162 valence electrons. The molecule has 0 aliphatic heterocycles. The van der Waals surface area contributed by atoms with Crippen molar-refractivity contribution in [3.63, 3.8) is 0 Å². The monoisotopic (exact) mass is 513 g/mol. The molecule has 0 atom stereocenters. The van der Waals surface area contributed by atoms with Crippen LogP contribution in [0.1, 0.15) is 15.2 Å². The molecular weight excluding hydrogens is 494 g/mol. The summed E-state index contributed by atoms with van der Waals surface area (Å²) in [5, 5.41) is 3.75. The van der Waals surface area contributed by atoms with Crippen molar-refractivity contribution in [3.8, 4) is 22.4 Å². The highest BCUT2D eigenvalue weighted by molar-refractivity contribution is 9.10. The number of benzene rings is 3. The third kappa shape index (κ3) is 4.27. The number of hydrogen-bond donors (Lipinski definition) is 2. The Balaban J connectivity index is 1.65. The van der Waals surface area contributed by atoms with Crippen LogP contribution in [0, 0.1) is 6.92 Å². The van der Waals surface area contributed by atoms with E-state index in [1.807, 2.05) is 54.6 Å². The van der Waals surface area contributed by atoms with Crippen LogP contribution in [-0.4, -0.2) is 10.9 Å². The fourth-order valence-corrected chi connectivity index (χ4v) is 5.01. The number of nitrogens with zero attached hydrogens (tertiary/aromatic N) is 1. The first-order chi connectivity index (χ1) is 16.0. The number of carbonyl (C=O) groups is 1. The zero-order valence-corrected chi connectivity index (χ0v) is 20.2. The topological polar surface area (TPSA) is 68.0 Å². The van der Waals surface area contributed by atoms with E-state index in [-0.39, 0.29) is 5.91 Å². The van der Waals surface area contributed by atoms with Gasteiger partial charge in [0.25, 0.3) is 5.91 Å². The molecule has 33 heavy (non-hydrogen) atoms. The van der Waals surface area contributed by atoms with Gasteiger partial charge >= 0.3 is 0 Å². The highest BCUT2D eigenvalue weighted by Crippen LogP contribution is 2.41. The number of amides is 1. The van der Waals surface area contributed by atoms with Gasteiger partial charge in [-0.2, -0.15) is 0 Å². The molecule has 5 aromatic rings. The molecule has 0 bridgehead atoms. The van der Waals surface area contributed by atoms with Gasteiger partial charge < -0.3 is 11.1 Å². The number of aryl methyl sites for hydroxylation is 1. The number of thiophene rings is 1. The predicted molar refractivity (Wildman–Crippen MR) is 142 cm³/mol. The fourth-order valence-electron chi connectivity index (χ4n) is 3.73. The van der Waals surface area contributed by atoms with Crippen LogP contribution in [0.4, 0.5) is 11.4 Å². The van der Waals surface area contributed by atoms with Crippen molar-refractivity contribution in [3.05, 3.63) is 99.8 Å². The van der Waals surface area contributed by atoms with Crippen LogP contribution in [0.2, 0.25) is 0 Å². The van der Waals surface area contributed by atoms with Gasteiger partial charge in [0.15, 0.2) is 0 Å². The molecule has 5 rings (SSSR count). The van der Waals surface area contributed by atoms with Crippen molar-refractivity contribution in [2.24, 2.45) is 0 Å². The molecule has 0 fully saturated rings. The van der Waals surface area contributed by atoms with E-state index in [4.69, 9.17) is 10.7 Å². The second kappa shape index (κ2) is 8.81. The molecule has 2 aromatic heterocycles. The van der Waals surface area contributed by atoms with E-state index in [1.54, 1.807) is 0 Å². The van der Waals surface area contributed by atoms with E-state index in [2.05, 4.69) is 58.5 Å². The first kappa shape index (κ1) is 21.4. The quantitative estimate of drug-likeness (QED) is 0.260. The predicted octanol–water partition coefficient (Wildman–Crippen LogP) is 7.54. The summed E-state index contributed by atoms with van der Waals surface area (Å²) in [7, 11) is 0. The number of hydrogen-bond acceptors (Lipinski definition) is 4. The third-order valence-corrected chi connectivity index (χ3v) is 7.07. The van der Waals surface area contributed by atoms with Crippen LogP contribution in [0.5, 0.6) is 0 Å². The number of pyridine rings is 1. The summed E-state index contributed by atoms with van der Waals surface area (Å²) in [6.45, 7) is 2.06. The fraction of sp³-hybridized carbons (Fsp3) is 0.0370. The van der Waals surface area contributed by atoms with Crippen molar-refractivity contribution in [1.29, 1.82) is 0 Å². The lowest BCUT2D eigenvalue weighted by molar-refractivity contribution is 0.103. The molecule has 3 N–H and O–H groups in total. The van der Waals surface area contributed by atoms with Crippen molar-refractivity contribution >= 4 is 54.8 Å². The van der Waals surface area contributed by atoms with Gasteiger partial charge in [0.2, 0.25) is 0 Å². The standard InChI is InChI=1S/C27H20BrN3OS/c1-16-7-9-18(10-8-16)22-15-21(17-5-3-2-4-6-17)23-24(29)25(33-27(23)31-22)26(32)30-20-13-11-19(28)12-14-20/h2-15H,29H2,1H3,(H,30,32). The van der Waals surface area contributed by atoms with Crippen LogP contribution >= 0.6 is 27.3 Å². The highest BCUT2D eigenvalue weighted by atomic mass is 79.9. The second-order valence-corrected chi connectivity index (χ2v) is 9.69. The van der Waals surface area contributed by atoms with Crippen LogP contribution in [0.3, 0.4) is 0 Å². The summed E-state index contributed by atoms with van der Waals surface area (Å²) in [4.78, 5) is 19.2. The zero-order valence-electron chi connectivity index (χ0n) is 17.8. The Kier molecular flexibility index (Phi) is 5.70. The molecule has 6 heteroatoms. The number of aromatic nitrogens is 1. The van der Waals surface area contributed by atoms with Gasteiger partial charge in [0.05, 0.1) is 11.4 Å². The molecule has 2 heterocycles. The number of nitrogens with one attached hydrogen (secondary N) is 1. The molecule has 4 nitrogen and oxygen atoms in total. The Morgan fingerprint density at radius 1 is 0.939 bits per heavy atom. The van der Waals surface area contributed by atoms with Gasteiger partial charge in [-0.25, -0.2) is 4.98 Å². The lowest BCUT2D eigenvalue weighted by Gasteiger charge is -2.09. The summed E-state index contributed by atoms with van der Waals surface area (Å²) in [5.74, 6) is -0.242.